The minimum absolute atomic E-state index is 0.00233. The molecule has 0 aliphatic rings. The van der Waals surface area contributed by atoms with Crippen LogP contribution in [0, 0.1) is 5.41 Å². The van der Waals surface area contributed by atoms with E-state index in [4.69, 9.17) is 4.74 Å². The fraction of sp³-hybridized carbons (Fsp3) is 0.846. The fourth-order valence-electron chi connectivity index (χ4n) is 2.07. The topological polar surface area (TPSA) is 97.7 Å². The number of sulfone groups is 1. The first-order valence-corrected chi connectivity index (χ1v) is 8.69. The highest BCUT2D eigenvalue weighted by Crippen LogP contribution is 2.31. The summed E-state index contributed by atoms with van der Waals surface area (Å²) < 4.78 is 28.3. The third-order valence-corrected chi connectivity index (χ3v) is 4.96. The molecular formula is C13H24O6S. The van der Waals surface area contributed by atoms with Gasteiger partial charge in [0.05, 0.1) is 12.4 Å². The lowest BCUT2D eigenvalue weighted by molar-refractivity contribution is -0.169. The molecule has 0 aromatic heterocycles. The molecule has 0 spiro atoms. The van der Waals surface area contributed by atoms with E-state index in [0.717, 1.165) is 0 Å². The summed E-state index contributed by atoms with van der Waals surface area (Å²) in [4.78, 5) is 23.5. The van der Waals surface area contributed by atoms with Crippen LogP contribution in [0.5, 0.6) is 0 Å². The summed E-state index contributed by atoms with van der Waals surface area (Å²) in [5.74, 6) is -2.48. The van der Waals surface area contributed by atoms with E-state index >= 15 is 0 Å². The molecule has 0 fully saturated rings. The Morgan fingerprint density at radius 1 is 1.05 bits per heavy atom. The maximum Gasteiger partial charge on any atom is 0.323 e. The van der Waals surface area contributed by atoms with Gasteiger partial charge in [0.15, 0.2) is 5.41 Å². The summed E-state index contributed by atoms with van der Waals surface area (Å²) in [6, 6.07) is 0. The van der Waals surface area contributed by atoms with Crippen molar-refractivity contribution in [3.63, 3.8) is 0 Å². The van der Waals surface area contributed by atoms with Gasteiger partial charge in [-0.1, -0.05) is 20.3 Å². The molecule has 0 amide bonds. The van der Waals surface area contributed by atoms with E-state index in [0.29, 0.717) is 12.8 Å². The zero-order valence-corrected chi connectivity index (χ0v) is 13.2. The molecule has 1 N–H and O–H groups in total. The molecule has 0 saturated heterocycles. The Bertz CT molecular complexity index is 428. The van der Waals surface area contributed by atoms with Gasteiger partial charge >= 0.3 is 11.9 Å². The van der Waals surface area contributed by atoms with Gasteiger partial charge in [-0.15, -0.1) is 0 Å². The Morgan fingerprint density at radius 2 is 1.65 bits per heavy atom. The molecule has 7 heteroatoms. The highest BCUT2D eigenvalue weighted by atomic mass is 32.2. The third-order valence-electron chi connectivity index (χ3n) is 3.11. The van der Waals surface area contributed by atoms with E-state index in [1.54, 1.807) is 20.8 Å². The number of carboxylic acid groups (broad SMARTS) is 1. The number of carboxylic acids is 1. The smallest absolute Gasteiger partial charge is 0.323 e. The number of esters is 1. The van der Waals surface area contributed by atoms with Gasteiger partial charge in [0.2, 0.25) is 0 Å². The van der Waals surface area contributed by atoms with Crippen molar-refractivity contribution in [3.8, 4) is 0 Å². The average molecular weight is 308 g/mol. The van der Waals surface area contributed by atoms with Crippen LogP contribution in [-0.4, -0.2) is 43.6 Å². The summed E-state index contributed by atoms with van der Waals surface area (Å²) in [6.07, 6.45) is 0.759. The lowest BCUT2D eigenvalue weighted by Gasteiger charge is -2.26. The van der Waals surface area contributed by atoms with Crippen molar-refractivity contribution in [1.82, 2.24) is 0 Å². The van der Waals surface area contributed by atoms with E-state index in [9.17, 15) is 23.1 Å². The quantitative estimate of drug-likeness (QED) is 0.486. The number of carbonyl (C=O) groups is 2. The molecule has 0 bridgehead atoms. The van der Waals surface area contributed by atoms with Crippen molar-refractivity contribution < 1.29 is 27.9 Å². The summed E-state index contributed by atoms with van der Waals surface area (Å²) >= 11 is 0. The molecule has 0 rings (SSSR count). The average Bonchev–Trinajstić information content (AvgIpc) is 2.34. The van der Waals surface area contributed by atoms with Crippen LogP contribution in [0.25, 0.3) is 0 Å². The van der Waals surface area contributed by atoms with Crippen molar-refractivity contribution in [2.45, 2.75) is 46.5 Å². The minimum atomic E-state index is -3.34. The highest BCUT2D eigenvalue weighted by Gasteiger charge is 2.47. The van der Waals surface area contributed by atoms with Crippen LogP contribution in [-0.2, 0) is 24.2 Å². The van der Waals surface area contributed by atoms with Gasteiger partial charge in [-0.2, -0.15) is 0 Å². The molecule has 0 aromatic rings. The molecule has 1 atom stereocenters. The lowest BCUT2D eigenvalue weighted by atomic mass is 9.81. The molecule has 1 unspecified atom stereocenters. The number of aliphatic carboxylic acids is 1. The summed E-state index contributed by atoms with van der Waals surface area (Å²) in [5, 5.41) is 9.38. The molecule has 0 radical (unpaired) electrons. The van der Waals surface area contributed by atoms with Gasteiger partial charge in [0.1, 0.15) is 9.84 Å². The second-order valence-electron chi connectivity index (χ2n) is 4.76. The van der Waals surface area contributed by atoms with Gasteiger partial charge in [-0.05, 0) is 26.2 Å². The Hall–Kier alpha value is -1.11. The molecule has 0 aromatic carbocycles. The van der Waals surface area contributed by atoms with E-state index in [1.165, 1.54) is 0 Å². The summed E-state index contributed by atoms with van der Waals surface area (Å²) in [6.45, 7) is 5.14. The van der Waals surface area contributed by atoms with Crippen LogP contribution in [0.15, 0.2) is 0 Å². The van der Waals surface area contributed by atoms with E-state index in [1.807, 2.05) is 0 Å². The zero-order valence-electron chi connectivity index (χ0n) is 12.3. The normalized spacial score (nSPS) is 14.6. The van der Waals surface area contributed by atoms with Gasteiger partial charge in [0.25, 0.3) is 0 Å². The molecular weight excluding hydrogens is 284 g/mol. The first-order chi connectivity index (χ1) is 9.25. The second kappa shape index (κ2) is 8.24. The third kappa shape index (κ3) is 5.11. The monoisotopic (exact) mass is 308 g/mol. The van der Waals surface area contributed by atoms with Gasteiger partial charge < -0.3 is 9.84 Å². The number of rotatable bonds is 10. The van der Waals surface area contributed by atoms with E-state index in [-0.39, 0.29) is 31.0 Å². The van der Waals surface area contributed by atoms with Gasteiger partial charge in [-0.3, -0.25) is 9.59 Å². The Morgan fingerprint density at radius 3 is 2.05 bits per heavy atom. The van der Waals surface area contributed by atoms with Crippen LogP contribution in [0.4, 0.5) is 0 Å². The predicted molar refractivity (Wildman–Crippen MR) is 75.2 cm³/mol. The second-order valence-corrected chi connectivity index (χ2v) is 7.06. The summed E-state index contributed by atoms with van der Waals surface area (Å²) in [7, 11) is -3.34. The van der Waals surface area contributed by atoms with Crippen molar-refractivity contribution in [1.29, 1.82) is 0 Å². The highest BCUT2D eigenvalue weighted by molar-refractivity contribution is 7.91. The number of hydrogen-bond donors (Lipinski definition) is 1. The maximum atomic E-state index is 12.0. The molecule has 6 nitrogen and oxygen atoms in total. The van der Waals surface area contributed by atoms with Crippen molar-refractivity contribution in [3.05, 3.63) is 0 Å². The van der Waals surface area contributed by atoms with Crippen molar-refractivity contribution in [2.75, 3.05) is 18.1 Å². The standard InChI is InChI=1S/C13H24O6S/c1-4-7-13(11(14)15,12(16)19-6-3)8-10-20(17,18)9-5-2/h4-10H2,1-3H3,(H,14,15). The molecule has 0 heterocycles. The van der Waals surface area contributed by atoms with Crippen LogP contribution in [0.1, 0.15) is 46.5 Å². The first-order valence-electron chi connectivity index (χ1n) is 6.86. The molecule has 0 saturated carbocycles. The van der Waals surface area contributed by atoms with Crippen molar-refractivity contribution in [2.24, 2.45) is 5.41 Å². The first kappa shape index (κ1) is 18.9. The Kier molecular flexibility index (Phi) is 7.78. The SMILES string of the molecule is CCCC(CCS(=O)(=O)CCC)(C(=O)O)C(=O)OCC. The zero-order chi connectivity index (χ0) is 15.8. The largest absolute Gasteiger partial charge is 0.480 e. The van der Waals surface area contributed by atoms with Crippen LogP contribution in [0.2, 0.25) is 0 Å². The van der Waals surface area contributed by atoms with E-state index in [2.05, 4.69) is 0 Å². The number of hydrogen-bond acceptors (Lipinski definition) is 5. The molecule has 118 valence electrons. The minimum Gasteiger partial charge on any atom is -0.480 e. The van der Waals surface area contributed by atoms with Crippen LogP contribution >= 0.6 is 0 Å². The lowest BCUT2D eigenvalue weighted by Crippen LogP contribution is -2.42. The van der Waals surface area contributed by atoms with E-state index < -0.39 is 27.2 Å². The maximum absolute atomic E-state index is 12.0. The summed E-state index contributed by atoms with van der Waals surface area (Å²) in [5.41, 5.74) is -1.76. The number of carbonyl (C=O) groups excluding carboxylic acids is 1. The predicted octanol–water partition coefficient (Wildman–Crippen LogP) is 1.64. The Labute approximate surface area is 120 Å². The Balaban J connectivity index is 5.21. The molecule has 0 aliphatic carbocycles. The fourth-order valence-corrected chi connectivity index (χ4v) is 3.55. The number of ether oxygens (including phenoxy) is 1. The van der Waals surface area contributed by atoms with Crippen LogP contribution in [0.3, 0.4) is 0 Å². The molecule has 0 aliphatic heterocycles. The van der Waals surface area contributed by atoms with Gasteiger partial charge in [0, 0.05) is 5.75 Å². The van der Waals surface area contributed by atoms with Crippen molar-refractivity contribution >= 4 is 21.8 Å². The van der Waals surface area contributed by atoms with Gasteiger partial charge in [-0.25, -0.2) is 8.42 Å². The van der Waals surface area contributed by atoms with Crippen LogP contribution < -0.4 is 0 Å². The molecule has 20 heavy (non-hydrogen) atoms.